The van der Waals surface area contributed by atoms with Gasteiger partial charge in [-0.2, -0.15) is 0 Å². The van der Waals surface area contributed by atoms with Crippen LogP contribution in [0, 0.1) is 5.41 Å². The van der Waals surface area contributed by atoms with Crippen LogP contribution in [0.3, 0.4) is 0 Å². The van der Waals surface area contributed by atoms with Gasteiger partial charge in [0.1, 0.15) is 11.5 Å². The second kappa shape index (κ2) is 5.71. The molecule has 0 atom stereocenters. The van der Waals surface area contributed by atoms with Crippen molar-refractivity contribution in [2.75, 3.05) is 26.7 Å². The van der Waals surface area contributed by atoms with Crippen LogP contribution in [0.25, 0.3) is 0 Å². The number of piperidine rings is 1. The van der Waals surface area contributed by atoms with Gasteiger partial charge in [-0.1, -0.05) is 6.92 Å². The van der Waals surface area contributed by atoms with Crippen molar-refractivity contribution in [1.82, 2.24) is 10.2 Å². The van der Waals surface area contributed by atoms with E-state index in [1.165, 1.54) is 18.2 Å². The van der Waals surface area contributed by atoms with Gasteiger partial charge in [0.25, 0.3) is 5.91 Å². The molecule has 20 heavy (non-hydrogen) atoms. The highest BCUT2D eigenvalue weighted by Crippen LogP contribution is 2.29. The predicted octanol–water partition coefficient (Wildman–Crippen LogP) is 1.56. The minimum Gasteiger partial charge on any atom is -0.508 e. The van der Waals surface area contributed by atoms with Crippen LogP contribution < -0.4 is 5.32 Å². The second-order valence-corrected chi connectivity index (χ2v) is 6.03. The van der Waals surface area contributed by atoms with Crippen molar-refractivity contribution in [2.24, 2.45) is 5.41 Å². The Bertz CT molecular complexity index is 474. The second-order valence-electron chi connectivity index (χ2n) is 6.03. The lowest BCUT2D eigenvalue weighted by Crippen LogP contribution is -2.43. The summed E-state index contributed by atoms with van der Waals surface area (Å²) in [6.45, 7) is 4.87. The Kier molecular flexibility index (Phi) is 4.18. The molecule has 1 heterocycles. The summed E-state index contributed by atoms with van der Waals surface area (Å²) in [4.78, 5) is 14.3. The molecule has 1 aromatic carbocycles. The van der Waals surface area contributed by atoms with E-state index >= 15 is 0 Å². The molecule has 0 unspecified atom stereocenters. The molecule has 110 valence electrons. The van der Waals surface area contributed by atoms with Crippen LogP contribution in [-0.2, 0) is 0 Å². The topological polar surface area (TPSA) is 72.8 Å². The van der Waals surface area contributed by atoms with E-state index < -0.39 is 0 Å². The molecule has 1 aromatic rings. The lowest BCUT2D eigenvalue weighted by molar-refractivity contribution is 0.0891. The summed E-state index contributed by atoms with van der Waals surface area (Å²) in [7, 11) is 2.10. The molecule has 1 amide bonds. The molecule has 0 bridgehead atoms. The molecule has 5 nitrogen and oxygen atoms in total. The highest BCUT2D eigenvalue weighted by atomic mass is 16.3. The van der Waals surface area contributed by atoms with Crippen molar-refractivity contribution in [3.63, 3.8) is 0 Å². The zero-order chi connectivity index (χ0) is 14.8. The summed E-state index contributed by atoms with van der Waals surface area (Å²) in [5.41, 5.74) is 0.389. The van der Waals surface area contributed by atoms with Gasteiger partial charge in [0.15, 0.2) is 0 Å². The molecule has 0 saturated carbocycles. The molecular formula is C15H22N2O3. The molecule has 1 aliphatic heterocycles. The number of phenols is 2. The summed E-state index contributed by atoms with van der Waals surface area (Å²) in [6, 6.07) is 3.91. The number of aromatic hydroxyl groups is 2. The molecule has 0 spiro atoms. The first-order valence-electron chi connectivity index (χ1n) is 6.88. The number of benzene rings is 1. The van der Waals surface area contributed by atoms with Crippen LogP contribution in [0.1, 0.15) is 30.1 Å². The Balaban J connectivity index is 1.95. The minimum absolute atomic E-state index is 0.111. The summed E-state index contributed by atoms with van der Waals surface area (Å²) in [5.74, 6) is -0.488. The van der Waals surface area contributed by atoms with E-state index in [0.29, 0.717) is 6.54 Å². The maximum Gasteiger partial charge on any atom is 0.251 e. The standard InChI is InChI=1S/C15H22N2O3/c1-15(3-5-17(2)6-4-15)10-16-14(20)11-7-12(18)9-13(19)8-11/h7-9,18-19H,3-6,10H2,1-2H3,(H,16,20). The maximum absolute atomic E-state index is 12.1. The van der Waals surface area contributed by atoms with Crippen LogP contribution in [0.2, 0.25) is 0 Å². The first-order valence-corrected chi connectivity index (χ1v) is 6.88. The van der Waals surface area contributed by atoms with Crippen LogP contribution in [0.4, 0.5) is 0 Å². The predicted molar refractivity (Wildman–Crippen MR) is 76.9 cm³/mol. The normalized spacial score (nSPS) is 18.7. The lowest BCUT2D eigenvalue weighted by atomic mass is 9.80. The summed E-state index contributed by atoms with van der Waals surface area (Å²) < 4.78 is 0. The van der Waals surface area contributed by atoms with Gasteiger partial charge in [0.2, 0.25) is 0 Å². The number of rotatable bonds is 3. The fraction of sp³-hybridized carbons (Fsp3) is 0.533. The Labute approximate surface area is 119 Å². The molecule has 0 radical (unpaired) electrons. The number of carbonyl (C=O) groups is 1. The van der Waals surface area contributed by atoms with Crippen molar-refractivity contribution in [3.05, 3.63) is 23.8 Å². The molecular weight excluding hydrogens is 256 g/mol. The first kappa shape index (κ1) is 14.7. The third-order valence-corrected chi connectivity index (χ3v) is 4.03. The highest BCUT2D eigenvalue weighted by Gasteiger charge is 2.29. The van der Waals surface area contributed by atoms with Gasteiger partial charge >= 0.3 is 0 Å². The maximum atomic E-state index is 12.1. The molecule has 2 rings (SSSR count). The number of likely N-dealkylation sites (tertiary alicyclic amines) is 1. The van der Waals surface area contributed by atoms with E-state index in [-0.39, 0.29) is 28.4 Å². The fourth-order valence-corrected chi connectivity index (χ4v) is 2.46. The number of amides is 1. The minimum atomic E-state index is -0.267. The van der Waals surface area contributed by atoms with Gasteiger partial charge in [0, 0.05) is 18.2 Å². The quantitative estimate of drug-likeness (QED) is 0.784. The van der Waals surface area contributed by atoms with E-state index in [0.717, 1.165) is 25.9 Å². The van der Waals surface area contributed by atoms with Crippen molar-refractivity contribution >= 4 is 5.91 Å². The third-order valence-electron chi connectivity index (χ3n) is 4.03. The van der Waals surface area contributed by atoms with Crippen LogP contribution in [-0.4, -0.2) is 47.7 Å². The monoisotopic (exact) mass is 278 g/mol. The van der Waals surface area contributed by atoms with E-state index in [1.54, 1.807) is 0 Å². The van der Waals surface area contributed by atoms with Crippen LogP contribution in [0.5, 0.6) is 11.5 Å². The Morgan fingerprint density at radius 3 is 2.35 bits per heavy atom. The lowest BCUT2D eigenvalue weighted by Gasteiger charge is -2.37. The van der Waals surface area contributed by atoms with E-state index in [2.05, 4.69) is 24.2 Å². The average Bonchev–Trinajstić information content (AvgIpc) is 2.39. The summed E-state index contributed by atoms with van der Waals surface area (Å²) in [6.07, 6.45) is 2.10. The Hall–Kier alpha value is -1.75. The fourth-order valence-electron chi connectivity index (χ4n) is 2.46. The van der Waals surface area contributed by atoms with Crippen LogP contribution in [0.15, 0.2) is 18.2 Å². The van der Waals surface area contributed by atoms with E-state index in [9.17, 15) is 15.0 Å². The summed E-state index contributed by atoms with van der Waals surface area (Å²) >= 11 is 0. The van der Waals surface area contributed by atoms with Crippen molar-refractivity contribution in [2.45, 2.75) is 19.8 Å². The number of hydrogen-bond acceptors (Lipinski definition) is 4. The molecule has 0 aromatic heterocycles. The third kappa shape index (κ3) is 3.63. The first-order chi connectivity index (χ1) is 9.38. The molecule has 3 N–H and O–H groups in total. The zero-order valence-corrected chi connectivity index (χ0v) is 12.0. The Morgan fingerprint density at radius 2 is 1.80 bits per heavy atom. The zero-order valence-electron chi connectivity index (χ0n) is 12.0. The molecule has 5 heteroatoms. The largest absolute Gasteiger partial charge is 0.508 e. The number of carbonyl (C=O) groups excluding carboxylic acids is 1. The number of hydrogen-bond donors (Lipinski definition) is 3. The summed E-state index contributed by atoms with van der Waals surface area (Å²) in [5, 5.41) is 21.7. The number of nitrogens with one attached hydrogen (secondary N) is 1. The average molecular weight is 278 g/mol. The SMILES string of the molecule is CN1CCC(C)(CNC(=O)c2cc(O)cc(O)c2)CC1. The molecule has 1 saturated heterocycles. The molecule has 1 fully saturated rings. The van der Waals surface area contributed by atoms with Gasteiger partial charge in [-0.3, -0.25) is 4.79 Å². The van der Waals surface area contributed by atoms with Crippen molar-refractivity contribution in [3.8, 4) is 11.5 Å². The Morgan fingerprint density at radius 1 is 1.25 bits per heavy atom. The van der Waals surface area contributed by atoms with E-state index in [4.69, 9.17) is 0 Å². The van der Waals surface area contributed by atoms with Gasteiger partial charge in [-0.25, -0.2) is 0 Å². The van der Waals surface area contributed by atoms with Gasteiger partial charge in [0.05, 0.1) is 0 Å². The van der Waals surface area contributed by atoms with Crippen LogP contribution >= 0.6 is 0 Å². The number of nitrogens with zero attached hydrogens (tertiary/aromatic N) is 1. The van der Waals surface area contributed by atoms with Gasteiger partial charge < -0.3 is 20.4 Å². The molecule has 1 aliphatic rings. The smallest absolute Gasteiger partial charge is 0.251 e. The van der Waals surface area contributed by atoms with E-state index in [1.807, 2.05) is 0 Å². The molecule has 0 aliphatic carbocycles. The number of phenolic OH excluding ortho intramolecular Hbond substituents is 2. The van der Waals surface area contributed by atoms with Crippen molar-refractivity contribution < 1.29 is 15.0 Å². The van der Waals surface area contributed by atoms with Gasteiger partial charge in [-0.15, -0.1) is 0 Å². The van der Waals surface area contributed by atoms with Crippen molar-refractivity contribution in [1.29, 1.82) is 0 Å². The highest BCUT2D eigenvalue weighted by molar-refractivity contribution is 5.95. The van der Waals surface area contributed by atoms with Gasteiger partial charge in [-0.05, 0) is 50.5 Å².